The van der Waals surface area contributed by atoms with Crippen LogP contribution in [0.1, 0.15) is 55.2 Å². The monoisotopic (exact) mass is 474 g/mol. The minimum Gasteiger partial charge on any atom is -0.376 e. The maximum absolute atomic E-state index is 13.0. The lowest BCUT2D eigenvalue weighted by Crippen LogP contribution is -2.33. The third-order valence-electron chi connectivity index (χ3n) is 5.47. The molecule has 3 heterocycles. The second-order valence-corrected chi connectivity index (χ2v) is 11.2. The van der Waals surface area contributed by atoms with Gasteiger partial charge in [-0.25, -0.2) is 0 Å². The number of amides is 1. The number of rotatable bonds is 5. The van der Waals surface area contributed by atoms with Crippen LogP contribution in [-0.2, 0) is 16.7 Å². The summed E-state index contributed by atoms with van der Waals surface area (Å²) >= 11 is 5.24. The van der Waals surface area contributed by atoms with Crippen molar-refractivity contribution in [2.24, 2.45) is 0 Å². The van der Waals surface area contributed by atoms with Gasteiger partial charge in [0.2, 0.25) is 0 Å². The van der Waals surface area contributed by atoms with Gasteiger partial charge in [-0.2, -0.15) is 0 Å². The third-order valence-corrected chi connectivity index (χ3v) is 7.04. The molecule has 6 heteroatoms. The van der Waals surface area contributed by atoms with Crippen LogP contribution in [0.3, 0.4) is 0 Å². The molecule has 0 bridgehead atoms. The number of fused-ring (bicyclic) bond motifs is 1. The van der Waals surface area contributed by atoms with E-state index in [-0.39, 0.29) is 17.4 Å². The maximum Gasteiger partial charge on any atom is 0.268 e. The number of carbonyl (C=O) groups is 1. The predicted molar refractivity (Wildman–Crippen MR) is 123 cm³/mol. The summed E-state index contributed by atoms with van der Waals surface area (Å²) in [5, 5.41) is 3.07. The van der Waals surface area contributed by atoms with E-state index in [0.717, 1.165) is 33.5 Å². The summed E-state index contributed by atoms with van der Waals surface area (Å²) in [6.45, 7) is 8.69. The van der Waals surface area contributed by atoms with Crippen LogP contribution in [0.25, 0.3) is 10.2 Å². The lowest BCUT2D eigenvalue weighted by molar-refractivity contribution is 0.0851. The Bertz CT molecular complexity index is 1010. The molecule has 3 aromatic rings. The second-order valence-electron chi connectivity index (χ2n) is 8.71. The Morgan fingerprint density at radius 3 is 2.69 bits per heavy atom. The molecule has 1 amide bonds. The van der Waals surface area contributed by atoms with Gasteiger partial charge in [0.25, 0.3) is 5.91 Å². The Morgan fingerprint density at radius 2 is 2.03 bits per heavy atom. The van der Waals surface area contributed by atoms with Gasteiger partial charge >= 0.3 is 0 Å². The Hall–Kier alpha value is -1.63. The van der Waals surface area contributed by atoms with Gasteiger partial charge in [0, 0.05) is 19.7 Å². The van der Waals surface area contributed by atoms with Crippen molar-refractivity contribution in [3.8, 4) is 0 Å². The molecule has 1 saturated heterocycles. The average Bonchev–Trinajstić information content (AvgIpc) is 3.37. The molecule has 1 atom stereocenters. The molecule has 1 aliphatic rings. The average molecular weight is 475 g/mol. The fraction of sp³-hybridized carbons (Fsp3) is 0.435. The summed E-state index contributed by atoms with van der Waals surface area (Å²) in [6.07, 6.45) is 2.23. The molecule has 1 fully saturated rings. The standard InChI is InChI=1S/C23H27BrN2O2S/c1-23(2,3)16-8-6-15(7-9-16)14-26-18-12-21(24)29-20(18)11-19(26)22(27)25-13-17-5-4-10-28-17/h6-9,11-12,17H,4-5,10,13-14H2,1-3H3,(H,25,27). The van der Waals surface area contributed by atoms with Crippen LogP contribution in [0, 0.1) is 0 Å². The fourth-order valence-corrected chi connectivity index (χ4v) is 5.33. The quantitative estimate of drug-likeness (QED) is 0.513. The predicted octanol–water partition coefficient (Wildman–Crippen LogP) is 5.72. The van der Waals surface area contributed by atoms with Crippen LogP contribution in [-0.4, -0.2) is 29.7 Å². The zero-order valence-electron chi connectivity index (χ0n) is 17.1. The van der Waals surface area contributed by atoms with Crippen molar-refractivity contribution < 1.29 is 9.53 Å². The van der Waals surface area contributed by atoms with E-state index in [4.69, 9.17) is 4.74 Å². The van der Waals surface area contributed by atoms with Crippen molar-refractivity contribution in [1.29, 1.82) is 0 Å². The van der Waals surface area contributed by atoms with Crippen molar-refractivity contribution in [1.82, 2.24) is 9.88 Å². The van der Waals surface area contributed by atoms with Gasteiger partial charge in [-0.1, -0.05) is 45.0 Å². The largest absolute Gasteiger partial charge is 0.376 e. The number of nitrogens with one attached hydrogen (secondary N) is 1. The molecule has 1 N–H and O–H groups in total. The minimum atomic E-state index is -0.0358. The van der Waals surface area contributed by atoms with Crippen LogP contribution in [0.15, 0.2) is 40.2 Å². The first-order chi connectivity index (χ1) is 13.8. The number of halogens is 1. The first-order valence-electron chi connectivity index (χ1n) is 10.1. The number of carbonyl (C=O) groups excluding carboxylic acids is 1. The van der Waals surface area contributed by atoms with E-state index in [1.165, 1.54) is 11.1 Å². The molecule has 0 saturated carbocycles. The molecule has 0 spiro atoms. The van der Waals surface area contributed by atoms with Gasteiger partial charge in [-0.15, -0.1) is 11.3 Å². The molecular weight excluding hydrogens is 448 g/mol. The van der Waals surface area contributed by atoms with Crippen LogP contribution >= 0.6 is 27.3 Å². The van der Waals surface area contributed by atoms with E-state index in [9.17, 15) is 4.79 Å². The first-order valence-corrected chi connectivity index (χ1v) is 11.7. The zero-order chi connectivity index (χ0) is 20.6. The van der Waals surface area contributed by atoms with Crippen LogP contribution in [0.4, 0.5) is 0 Å². The van der Waals surface area contributed by atoms with Crippen molar-refractivity contribution >= 4 is 43.4 Å². The summed E-state index contributed by atoms with van der Waals surface area (Å²) in [7, 11) is 0. The molecule has 0 radical (unpaired) electrons. The SMILES string of the molecule is CC(C)(C)c1ccc(Cn2c(C(=O)NCC3CCCO3)cc3sc(Br)cc32)cc1. The molecule has 4 rings (SSSR count). The fourth-order valence-electron chi connectivity index (χ4n) is 3.77. The van der Waals surface area contributed by atoms with Crippen LogP contribution < -0.4 is 5.32 Å². The molecule has 0 aliphatic carbocycles. The van der Waals surface area contributed by atoms with E-state index >= 15 is 0 Å². The minimum absolute atomic E-state index is 0.0358. The highest BCUT2D eigenvalue weighted by atomic mass is 79.9. The molecule has 4 nitrogen and oxygen atoms in total. The Morgan fingerprint density at radius 1 is 1.28 bits per heavy atom. The topological polar surface area (TPSA) is 43.3 Å². The molecule has 1 unspecified atom stereocenters. The van der Waals surface area contributed by atoms with Crippen LogP contribution in [0.5, 0.6) is 0 Å². The molecule has 29 heavy (non-hydrogen) atoms. The van der Waals surface area contributed by atoms with Gasteiger partial charge in [-0.05, 0) is 57.4 Å². The molecule has 2 aromatic heterocycles. The number of hydrogen-bond donors (Lipinski definition) is 1. The summed E-state index contributed by atoms with van der Waals surface area (Å²) < 4.78 is 9.95. The Labute approximate surface area is 184 Å². The highest BCUT2D eigenvalue weighted by Crippen LogP contribution is 2.33. The van der Waals surface area contributed by atoms with E-state index in [1.54, 1.807) is 11.3 Å². The Kier molecular flexibility index (Phi) is 5.87. The maximum atomic E-state index is 13.0. The Balaban J connectivity index is 1.59. The zero-order valence-corrected chi connectivity index (χ0v) is 19.5. The summed E-state index contributed by atoms with van der Waals surface area (Å²) in [5.41, 5.74) is 4.42. The van der Waals surface area contributed by atoms with Gasteiger partial charge in [0.05, 0.1) is 20.1 Å². The van der Waals surface area contributed by atoms with Gasteiger partial charge in [0.15, 0.2) is 0 Å². The smallest absolute Gasteiger partial charge is 0.268 e. The lowest BCUT2D eigenvalue weighted by atomic mass is 9.87. The van der Waals surface area contributed by atoms with Crippen LogP contribution in [0.2, 0.25) is 0 Å². The summed E-state index contributed by atoms with van der Waals surface area (Å²) in [5.74, 6) is -0.0358. The highest BCUT2D eigenvalue weighted by Gasteiger charge is 2.21. The normalized spacial score (nSPS) is 17.2. The number of aromatic nitrogens is 1. The molecule has 154 valence electrons. The number of hydrogen-bond acceptors (Lipinski definition) is 3. The van der Waals surface area contributed by atoms with Crippen molar-refractivity contribution in [2.75, 3.05) is 13.2 Å². The van der Waals surface area contributed by atoms with E-state index in [2.05, 4.69) is 76.9 Å². The number of nitrogens with zero attached hydrogens (tertiary/aromatic N) is 1. The number of thiophene rings is 1. The van der Waals surface area contributed by atoms with Crippen molar-refractivity contribution in [3.05, 3.63) is 57.0 Å². The van der Waals surface area contributed by atoms with Gasteiger partial charge in [0.1, 0.15) is 5.69 Å². The second kappa shape index (κ2) is 8.25. The number of ether oxygens (including phenoxy) is 1. The van der Waals surface area contributed by atoms with Gasteiger partial charge < -0.3 is 14.6 Å². The molecule has 1 aromatic carbocycles. The molecule has 1 aliphatic heterocycles. The molecular formula is C23H27BrN2O2S. The highest BCUT2D eigenvalue weighted by molar-refractivity contribution is 9.11. The third kappa shape index (κ3) is 4.60. The van der Waals surface area contributed by atoms with E-state index in [1.807, 2.05) is 6.07 Å². The van der Waals surface area contributed by atoms with Crippen molar-refractivity contribution in [3.63, 3.8) is 0 Å². The number of benzene rings is 1. The van der Waals surface area contributed by atoms with E-state index < -0.39 is 0 Å². The van der Waals surface area contributed by atoms with E-state index in [0.29, 0.717) is 18.8 Å². The summed E-state index contributed by atoms with van der Waals surface area (Å²) in [4.78, 5) is 13.0. The lowest BCUT2D eigenvalue weighted by Gasteiger charge is -2.19. The van der Waals surface area contributed by atoms with Gasteiger partial charge in [-0.3, -0.25) is 4.79 Å². The first kappa shape index (κ1) is 20.6. The van der Waals surface area contributed by atoms with Crippen molar-refractivity contribution in [2.45, 2.75) is 51.7 Å². The summed E-state index contributed by atoms with van der Waals surface area (Å²) in [6, 6.07) is 12.8.